The summed E-state index contributed by atoms with van der Waals surface area (Å²) in [7, 11) is 0. The molecule has 0 aliphatic carbocycles. The molecule has 0 N–H and O–H groups in total. The Bertz CT molecular complexity index is 3460. The Morgan fingerprint density at radius 3 is 1.80 bits per heavy atom. The van der Waals surface area contributed by atoms with Crippen LogP contribution in [0.1, 0.15) is 0 Å². The molecular weight excluding hydrogens is 719 g/mol. The molecule has 0 unspecified atom stereocenters. The molecule has 4 nitrogen and oxygen atoms in total. The first-order valence-electron chi connectivity index (χ1n) is 19.9. The van der Waals surface area contributed by atoms with E-state index in [1.54, 1.807) is 0 Å². The minimum absolute atomic E-state index is 0.614. The predicted octanol–water partition coefficient (Wildman–Crippen LogP) is 14.6. The highest BCUT2D eigenvalue weighted by Gasteiger charge is 2.22. The largest absolute Gasteiger partial charge is 0.456 e. The molecule has 59 heavy (non-hydrogen) atoms. The molecule has 1 aliphatic rings. The van der Waals surface area contributed by atoms with Gasteiger partial charge in [0.2, 0.25) is 0 Å². The lowest BCUT2D eigenvalue weighted by molar-refractivity contribution is 0.487. The molecule has 0 radical (unpaired) electrons. The Hall–Kier alpha value is -7.95. The molecule has 10 aromatic carbocycles. The van der Waals surface area contributed by atoms with Crippen LogP contribution in [0.3, 0.4) is 0 Å². The first-order chi connectivity index (χ1) is 29.2. The van der Waals surface area contributed by atoms with Gasteiger partial charge in [0.25, 0.3) is 0 Å². The number of benzene rings is 10. The molecule has 0 saturated heterocycles. The van der Waals surface area contributed by atoms with Gasteiger partial charge in [0, 0.05) is 27.6 Å². The van der Waals surface area contributed by atoms with E-state index in [-0.39, 0.29) is 0 Å². The molecule has 1 aromatic heterocycles. The average Bonchev–Trinajstić information content (AvgIpc) is 3.31. The third kappa shape index (κ3) is 5.49. The monoisotopic (exact) mass is 751 g/mol. The normalized spacial score (nSPS) is 11.9. The van der Waals surface area contributed by atoms with Crippen molar-refractivity contribution in [2.45, 2.75) is 0 Å². The predicted molar refractivity (Wildman–Crippen MR) is 243 cm³/mol. The van der Waals surface area contributed by atoms with E-state index < -0.39 is 0 Å². The third-order valence-electron chi connectivity index (χ3n) is 11.7. The molecule has 12 rings (SSSR count). The number of hydrogen-bond donors (Lipinski definition) is 0. The van der Waals surface area contributed by atoms with Crippen molar-refractivity contribution in [2.24, 2.45) is 0 Å². The lowest BCUT2D eigenvalue weighted by Crippen LogP contribution is -2.02. The van der Waals surface area contributed by atoms with Crippen LogP contribution in [-0.4, -0.2) is 15.0 Å². The molecule has 4 heteroatoms. The average molecular weight is 752 g/mol. The third-order valence-corrected chi connectivity index (χ3v) is 11.7. The van der Waals surface area contributed by atoms with E-state index in [4.69, 9.17) is 19.7 Å². The van der Waals surface area contributed by atoms with Crippen LogP contribution in [0.2, 0.25) is 0 Å². The van der Waals surface area contributed by atoms with Crippen molar-refractivity contribution < 1.29 is 4.74 Å². The van der Waals surface area contributed by atoms with Crippen molar-refractivity contribution in [3.05, 3.63) is 200 Å². The number of nitrogens with zero attached hydrogens (tertiary/aromatic N) is 3. The van der Waals surface area contributed by atoms with Crippen LogP contribution in [0.5, 0.6) is 11.5 Å². The fourth-order valence-electron chi connectivity index (χ4n) is 8.90. The van der Waals surface area contributed by atoms with E-state index in [0.29, 0.717) is 17.5 Å². The van der Waals surface area contributed by atoms with Crippen LogP contribution < -0.4 is 4.74 Å². The standard InChI is InChI=1S/C55H33N3O/c1-2-12-35(13-3-1)41-18-8-9-21-46(41)54-56-53(57-55(58-54)52-43-20-7-5-15-40(43)33-47-42-19-6-4-14-36(42)28-30-45(47)52)38-26-24-34(25-27-38)39-29-31-49-48(32-39)44-22-10-16-37-17-11-23-50(59-49)51(37)44/h1-33H. The molecule has 0 fully saturated rings. The van der Waals surface area contributed by atoms with E-state index in [1.807, 2.05) is 12.1 Å². The first-order valence-corrected chi connectivity index (χ1v) is 19.9. The zero-order valence-electron chi connectivity index (χ0n) is 31.8. The summed E-state index contributed by atoms with van der Waals surface area (Å²) in [5.41, 5.74) is 9.51. The van der Waals surface area contributed by atoms with E-state index in [9.17, 15) is 0 Å². The molecule has 2 heterocycles. The number of fused-ring (bicyclic) bond motifs is 6. The van der Waals surface area contributed by atoms with Gasteiger partial charge in [-0.1, -0.05) is 176 Å². The number of ether oxygens (including phenoxy) is 1. The van der Waals surface area contributed by atoms with Gasteiger partial charge in [0.1, 0.15) is 11.5 Å². The van der Waals surface area contributed by atoms with Gasteiger partial charge in [0.15, 0.2) is 17.5 Å². The Morgan fingerprint density at radius 2 is 0.932 bits per heavy atom. The van der Waals surface area contributed by atoms with Gasteiger partial charge in [-0.3, -0.25) is 0 Å². The van der Waals surface area contributed by atoms with Gasteiger partial charge in [0.05, 0.1) is 0 Å². The highest BCUT2D eigenvalue weighted by molar-refractivity contribution is 6.19. The summed E-state index contributed by atoms with van der Waals surface area (Å²) in [6.45, 7) is 0. The second-order valence-electron chi connectivity index (χ2n) is 15.1. The summed E-state index contributed by atoms with van der Waals surface area (Å²) in [5.74, 6) is 3.64. The molecule has 0 saturated carbocycles. The van der Waals surface area contributed by atoms with Gasteiger partial charge in [-0.2, -0.15) is 0 Å². The maximum atomic E-state index is 6.40. The number of rotatable bonds is 5. The van der Waals surface area contributed by atoms with Crippen LogP contribution in [0.25, 0.3) is 111 Å². The minimum atomic E-state index is 0.614. The molecule has 0 bridgehead atoms. The summed E-state index contributed by atoms with van der Waals surface area (Å²) in [6.07, 6.45) is 0. The van der Waals surface area contributed by atoms with E-state index in [0.717, 1.165) is 77.6 Å². The molecule has 0 amide bonds. The van der Waals surface area contributed by atoms with Gasteiger partial charge < -0.3 is 4.74 Å². The first kappa shape index (κ1) is 33.2. The van der Waals surface area contributed by atoms with Gasteiger partial charge in [-0.05, 0) is 89.8 Å². The second kappa shape index (κ2) is 13.3. The SMILES string of the molecule is c1ccc(-c2ccccc2-c2nc(-c3ccc(-c4ccc5c(c4)-c4cccc6cccc(c46)O5)cc3)nc(-c3c4ccccc4cc4c3ccc3ccccc34)n2)cc1. The number of aromatic nitrogens is 3. The van der Waals surface area contributed by atoms with Gasteiger partial charge >= 0.3 is 0 Å². The quantitative estimate of drug-likeness (QED) is 0.130. The van der Waals surface area contributed by atoms with Crippen LogP contribution >= 0.6 is 0 Å². The maximum Gasteiger partial charge on any atom is 0.165 e. The molecule has 11 aromatic rings. The van der Waals surface area contributed by atoms with E-state index >= 15 is 0 Å². The summed E-state index contributed by atoms with van der Waals surface area (Å²) in [5, 5.41) is 9.23. The zero-order chi connectivity index (χ0) is 38.9. The second-order valence-corrected chi connectivity index (χ2v) is 15.1. The Balaban J connectivity index is 1.04. The van der Waals surface area contributed by atoms with Crippen molar-refractivity contribution >= 4 is 43.1 Å². The van der Waals surface area contributed by atoms with Gasteiger partial charge in [-0.25, -0.2) is 15.0 Å². The summed E-state index contributed by atoms with van der Waals surface area (Å²) >= 11 is 0. The van der Waals surface area contributed by atoms with Crippen molar-refractivity contribution in [3.63, 3.8) is 0 Å². The topological polar surface area (TPSA) is 47.9 Å². The highest BCUT2D eigenvalue weighted by Crippen LogP contribution is 2.48. The summed E-state index contributed by atoms with van der Waals surface area (Å²) < 4.78 is 6.40. The van der Waals surface area contributed by atoms with Crippen LogP contribution in [0, 0.1) is 0 Å². The fraction of sp³-hybridized carbons (Fsp3) is 0. The summed E-state index contributed by atoms with van der Waals surface area (Å²) in [6, 6.07) is 70.4. The highest BCUT2D eigenvalue weighted by atomic mass is 16.5. The van der Waals surface area contributed by atoms with Crippen molar-refractivity contribution in [1.82, 2.24) is 15.0 Å². The fourth-order valence-corrected chi connectivity index (χ4v) is 8.90. The van der Waals surface area contributed by atoms with Crippen LogP contribution in [0.4, 0.5) is 0 Å². The maximum absolute atomic E-state index is 6.40. The molecular formula is C55H33N3O. The molecule has 0 atom stereocenters. The Morgan fingerprint density at radius 1 is 0.288 bits per heavy atom. The lowest BCUT2D eigenvalue weighted by atomic mass is 9.92. The van der Waals surface area contributed by atoms with Crippen molar-refractivity contribution in [3.8, 4) is 79.0 Å². The van der Waals surface area contributed by atoms with Crippen LogP contribution in [0.15, 0.2) is 200 Å². The summed E-state index contributed by atoms with van der Waals surface area (Å²) in [4.78, 5) is 16.0. The smallest absolute Gasteiger partial charge is 0.165 e. The van der Waals surface area contributed by atoms with Crippen molar-refractivity contribution in [1.29, 1.82) is 0 Å². The Labute approximate surface area is 340 Å². The van der Waals surface area contributed by atoms with Gasteiger partial charge in [-0.15, -0.1) is 0 Å². The minimum Gasteiger partial charge on any atom is -0.456 e. The van der Waals surface area contributed by atoms with E-state index in [1.165, 1.54) is 27.1 Å². The lowest BCUT2D eigenvalue weighted by Gasteiger charge is -2.22. The van der Waals surface area contributed by atoms with Crippen molar-refractivity contribution in [2.75, 3.05) is 0 Å². The Kier molecular flexibility index (Phi) is 7.50. The van der Waals surface area contributed by atoms with E-state index in [2.05, 4.69) is 188 Å². The molecule has 1 aliphatic heterocycles. The zero-order valence-corrected chi connectivity index (χ0v) is 31.8. The van der Waals surface area contributed by atoms with Crippen LogP contribution in [-0.2, 0) is 0 Å². The molecule has 274 valence electrons. The molecule has 0 spiro atoms. The number of hydrogen-bond acceptors (Lipinski definition) is 4.